The van der Waals surface area contributed by atoms with E-state index in [1.807, 2.05) is 19.1 Å². The Bertz CT molecular complexity index is 800. The van der Waals surface area contributed by atoms with E-state index >= 15 is 0 Å². The number of carbonyl (C=O) groups excluding carboxylic acids is 2. The Labute approximate surface area is 144 Å². The van der Waals surface area contributed by atoms with E-state index in [2.05, 4.69) is 5.32 Å². The molecule has 0 spiro atoms. The first-order chi connectivity index (χ1) is 11.8. The fraction of sp³-hybridized carbons (Fsp3) is 0.222. The van der Waals surface area contributed by atoms with Crippen LogP contribution in [0.15, 0.2) is 42.5 Å². The molecule has 7 nitrogen and oxygen atoms in total. The van der Waals surface area contributed by atoms with Gasteiger partial charge in [-0.3, -0.25) is 19.7 Å². The van der Waals surface area contributed by atoms with Gasteiger partial charge in [-0.1, -0.05) is 17.7 Å². The lowest BCUT2D eigenvalue weighted by Crippen LogP contribution is -2.16. The molecular weight excluding hydrogens is 324 g/mol. The number of anilines is 1. The third-order valence-corrected chi connectivity index (χ3v) is 3.50. The Kier molecular flexibility index (Phi) is 5.84. The Balaban J connectivity index is 1.85. The Hall–Kier alpha value is -3.22. The predicted octanol–water partition coefficient (Wildman–Crippen LogP) is 3.54. The van der Waals surface area contributed by atoms with Gasteiger partial charge in [0.2, 0.25) is 5.91 Å². The van der Waals surface area contributed by atoms with Gasteiger partial charge in [0, 0.05) is 24.2 Å². The van der Waals surface area contributed by atoms with E-state index in [0.717, 1.165) is 5.56 Å². The molecule has 0 saturated carbocycles. The third kappa shape index (κ3) is 5.42. The van der Waals surface area contributed by atoms with Crippen LogP contribution >= 0.6 is 0 Å². The molecule has 0 aliphatic carbocycles. The second-order valence-corrected chi connectivity index (χ2v) is 5.59. The molecule has 0 atom stereocenters. The van der Waals surface area contributed by atoms with Crippen molar-refractivity contribution in [2.24, 2.45) is 0 Å². The highest BCUT2D eigenvalue weighted by Crippen LogP contribution is 2.21. The average molecular weight is 342 g/mol. The highest BCUT2D eigenvalue weighted by Gasteiger charge is 2.12. The average Bonchev–Trinajstić information content (AvgIpc) is 2.57. The summed E-state index contributed by atoms with van der Waals surface area (Å²) in [7, 11) is 0. The van der Waals surface area contributed by atoms with Crippen LogP contribution in [0.2, 0.25) is 0 Å². The van der Waals surface area contributed by atoms with Crippen molar-refractivity contribution in [3.05, 3.63) is 63.7 Å². The number of nitro benzene ring substituents is 1. The molecule has 25 heavy (non-hydrogen) atoms. The molecule has 130 valence electrons. The number of ether oxygens (including phenoxy) is 1. The Morgan fingerprint density at radius 2 is 1.76 bits per heavy atom. The lowest BCUT2D eigenvalue weighted by atomic mass is 10.1. The third-order valence-electron chi connectivity index (χ3n) is 3.50. The summed E-state index contributed by atoms with van der Waals surface area (Å²) < 4.78 is 5.14. The van der Waals surface area contributed by atoms with Crippen molar-refractivity contribution in [2.45, 2.75) is 26.7 Å². The highest BCUT2D eigenvalue weighted by atomic mass is 16.6. The molecule has 0 unspecified atom stereocenters. The minimum Gasteiger partial charge on any atom is -0.427 e. The lowest BCUT2D eigenvalue weighted by Gasteiger charge is -2.08. The molecular formula is C18H18N2O5. The quantitative estimate of drug-likeness (QED) is 0.375. The van der Waals surface area contributed by atoms with Crippen molar-refractivity contribution in [1.29, 1.82) is 0 Å². The maximum absolute atomic E-state index is 11.9. The molecule has 2 aromatic carbocycles. The van der Waals surface area contributed by atoms with Gasteiger partial charge in [0.1, 0.15) is 5.75 Å². The van der Waals surface area contributed by atoms with Gasteiger partial charge in [-0.05, 0) is 37.6 Å². The Morgan fingerprint density at radius 1 is 1.08 bits per heavy atom. The smallest absolute Gasteiger partial charge is 0.311 e. The van der Waals surface area contributed by atoms with Crippen LogP contribution in [-0.2, 0) is 9.59 Å². The van der Waals surface area contributed by atoms with E-state index < -0.39 is 10.9 Å². The number of hydrogen-bond donors (Lipinski definition) is 1. The number of nitrogens with zero attached hydrogens (tertiary/aromatic N) is 1. The van der Waals surface area contributed by atoms with Gasteiger partial charge in [-0.25, -0.2) is 0 Å². The zero-order valence-electron chi connectivity index (χ0n) is 13.9. The molecule has 2 rings (SSSR count). The van der Waals surface area contributed by atoms with Crippen molar-refractivity contribution < 1.29 is 19.2 Å². The summed E-state index contributed by atoms with van der Waals surface area (Å²) in [6, 6.07) is 11.2. The maximum Gasteiger partial charge on any atom is 0.311 e. The van der Waals surface area contributed by atoms with Crippen molar-refractivity contribution in [3.8, 4) is 5.75 Å². The van der Waals surface area contributed by atoms with E-state index in [9.17, 15) is 19.7 Å². The van der Waals surface area contributed by atoms with Crippen LogP contribution in [-0.4, -0.2) is 16.8 Å². The predicted molar refractivity (Wildman–Crippen MR) is 92.5 cm³/mol. The fourth-order valence-electron chi connectivity index (χ4n) is 2.12. The molecule has 0 bridgehead atoms. The van der Waals surface area contributed by atoms with Gasteiger partial charge in [0.15, 0.2) is 0 Å². The van der Waals surface area contributed by atoms with Gasteiger partial charge in [-0.2, -0.15) is 0 Å². The van der Waals surface area contributed by atoms with Crippen LogP contribution < -0.4 is 10.1 Å². The summed E-state index contributed by atoms with van der Waals surface area (Å²) >= 11 is 0. The van der Waals surface area contributed by atoms with E-state index in [4.69, 9.17) is 4.74 Å². The van der Waals surface area contributed by atoms with Crippen molar-refractivity contribution in [2.75, 3.05) is 5.32 Å². The van der Waals surface area contributed by atoms with Crippen LogP contribution in [0.3, 0.4) is 0 Å². The number of amides is 1. The minimum atomic E-state index is -0.501. The number of non-ortho nitro benzene ring substituents is 1. The van der Waals surface area contributed by atoms with Crippen LogP contribution in [0.4, 0.5) is 11.4 Å². The van der Waals surface area contributed by atoms with Crippen molar-refractivity contribution in [1.82, 2.24) is 0 Å². The molecule has 2 aromatic rings. The van der Waals surface area contributed by atoms with E-state index in [1.54, 1.807) is 19.1 Å². The molecule has 1 amide bonds. The van der Waals surface area contributed by atoms with Gasteiger partial charge < -0.3 is 10.1 Å². The first-order valence-electron chi connectivity index (χ1n) is 7.67. The van der Waals surface area contributed by atoms with Gasteiger partial charge in [-0.15, -0.1) is 0 Å². The van der Waals surface area contributed by atoms with Gasteiger partial charge in [0.25, 0.3) is 5.69 Å². The lowest BCUT2D eigenvalue weighted by molar-refractivity contribution is -0.384. The van der Waals surface area contributed by atoms with Crippen LogP contribution in [0.5, 0.6) is 5.75 Å². The maximum atomic E-state index is 11.9. The summed E-state index contributed by atoms with van der Waals surface area (Å²) in [5.74, 6) is -0.431. The number of hydrogen-bond acceptors (Lipinski definition) is 5. The second kappa shape index (κ2) is 8.05. The first kappa shape index (κ1) is 18.1. The molecule has 0 aliphatic rings. The first-order valence-corrected chi connectivity index (χ1v) is 7.67. The zero-order chi connectivity index (χ0) is 18.4. The molecule has 0 fully saturated rings. The molecule has 0 radical (unpaired) electrons. The summed E-state index contributed by atoms with van der Waals surface area (Å²) in [4.78, 5) is 33.9. The highest BCUT2D eigenvalue weighted by molar-refractivity contribution is 5.93. The standard InChI is InChI=1S/C18H18N2O5/c1-12-3-6-15(7-4-12)25-18(22)10-9-17(21)19-16-8-5-14(20(23)24)11-13(16)2/h3-8,11H,9-10H2,1-2H3,(H,19,21). The SMILES string of the molecule is Cc1ccc(OC(=O)CCC(=O)Nc2ccc([N+](=O)[O-])cc2C)cc1. The molecule has 0 aliphatic heterocycles. The normalized spacial score (nSPS) is 10.2. The molecule has 0 heterocycles. The van der Waals surface area contributed by atoms with Crippen molar-refractivity contribution in [3.63, 3.8) is 0 Å². The van der Waals surface area contributed by atoms with Crippen LogP contribution in [0, 0.1) is 24.0 Å². The summed E-state index contributed by atoms with van der Waals surface area (Å²) in [5, 5.41) is 13.3. The summed E-state index contributed by atoms with van der Waals surface area (Å²) in [6.45, 7) is 3.59. The summed E-state index contributed by atoms with van der Waals surface area (Å²) in [5.41, 5.74) is 2.06. The van der Waals surface area contributed by atoms with Crippen LogP contribution in [0.1, 0.15) is 24.0 Å². The van der Waals surface area contributed by atoms with E-state index in [0.29, 0.717) is 17.0 Å². The number of nitro groups is 1. The number of rotatable bonds is 6. The molecule has 0 saturated heterocycles. The van der Waals surface area contributed by atoms with Gasteiger partial charge >= 0.3 is 5.97 Å². The monoisotopic (exact) mass is 342 g/mol. The topological polar surface area (TPSA) is 98.5 Å². The summed E-state index contributed by atoms with van der Waals surface area (Å²) in [6.07, 6.45) is -0.104. The number of esters is 1. The van der Waals surface area contributed by atoms with E-state index in [1.165, 1.54) is 18.2 Å². The minimum absolute atomic E-state index is 0.0406. The van der Waals surface area contributed by atoms with Crippen LogP contribution in [0.25, 0.3) is 0 Å². The van der Waals surface area contributed by atoms with E-state index in [-0.39, 0.29) is 24.4 Å². The number of benzene rings is 2. The second-order valence-electron chi connectivity index (χ2n) is 5.59. The molecule has 1 N–H and O–H groups in total. The number of nitrogens with one attached hydrogen (secondary N) is 1. The largest absolute Gasteiger partial charge is 0.427 e. The molecule has 0 aromatic heterocycles. The Morgan fingerprint density at radius 3 is 2.36 bits per heavy atom. The molecule has 7 heteroatoms. The van der Waals surface area contributed by atoms with Crippen molar-refractivity contribution >= 4 is 23.3 Å². The number of carbonyl (C=O) groups is 2. The zero-order valence-corrected chi connectivity index (χ0v) is 13.9. The van der Waals surface area contributed by atoms with Gasteiger partial charge in [0.05, 0.1) is 11.3 Å². The fourth-order valence-corrected chi connectivity index (χ4v) is 2.12. The number of aryl methyl sites for hydroxylation is 2.